The molecule has 0 radical (unpaired) electrons. The number of amides is 4. The van der Waals surface area contributed by atoms with E-state index in [0.29, 0.717) is 37.5 Å². The summed E-state index contributed by atoms with van der Waals surface area (Å²) in [4.78, 5) is 62.1. The summed E-state index contributed by atoms with van der Waals surface area (Å²) in [6, 6.07) is 0.810. The van der Waals surface area contributed by atoms with Crippen molar-refractivity contribution >= 4 is 44.6 Å². The number of methoxy groups -OCH3 is 1. The Morgan fingerprint density at radius 2 is 1.85 bits per heavy atom. The summed E-state index contributed by atoms with van der Waals surface area (Å²) in [7, 11) is -3.23. The minimum Gasteiger partial charge on any atom is -0.494 e. The van der Waals surface area contributed by atoms with E-state index in [1.54, 1.807) is 18.2 Å². The van der Waals surface area contributed by atoms with Crippen molar-refractivity contribution in [3.05, 3.63) is 48.1 Å². The standard InChI is InChI=1S/C39H48F5N5O9S/c1-21-8-6-7-9-25-18-38(25,34(52)47-59(55,56)37(20-40)11-12-37)46-32(50)28-15-24(30-26-17-27(41)29(57-5)16-23(26)10-13-45-30)19-48(28)33(51)31(22(2)14-21)49(54)35(53)58-36(3,4)39(42,43)44/h7,9-10,13,16-17,21-22,24-25,28,31,54H,6,8,11-12,14-15,18-20H2,1-5H3,(H,46,50)(H,47,52)/b9-7-/t21-,22-,24-,25-,28+,31+,38-/m1/s1. The zero-order valence-corrected chi connectivity index (χ0v) is 34.0. The first-order chi connectivity index (χ1) is 27.5. The van der Waals surface area contributed by atoms with Gasteiger partial charge in [0.15, 0.2) is 11.6 Å². The van der Waals surface area contributed by atoms with Gasteiger partial charge in [-0.3, -0.25) is 29.3 Å². The summed E-state index contributed by atoms with van der Waals surface area (Å²) < 4.78 is 107. The lowest BCUT2D eigenvalue weighted by molar-refractivity contribution is -0.254. The summed E-state index contributed by atoms with van der Waals surface area (Å²) in [5.41, 5.74) is -4.67. The molecule has 1 aromatic carbocycles. The lowest BCUT2D eigenvalue weighted by atomic mass is 9.87. The monoisotopic (exact) mass is 857 g/mol. The number of alkyl halides is 4. The Bertz CT molecular complexity index is 2150. The molecule has 2 aromatic rings. The van der Waals surface area contributed by atoms with E-state index in [2.05, 4.69) is 15.0 Å². The van der Waals surface area contributed by atoms with Crippen LogP contribution in [-0.4, -0.2) is 107 Å². The molecule has 59 heavy (non-hydrogen) atoms. The Kier molecular flexibility index (Phi) is 11.8. The fraction of sp³-hybridized carbons (Fsp3) is 0.615. The van der Waals surface area contributed by atoms with Gasteiger partial charge in [0, 0.05) is 30.0 Å². The Morgan fingerprint density at radius 1 is 1.15 bits per heavy atom. The van der Waals surface area contributed by atoms with Crippen molar-refractivity contribution < 1.29 is 64.2 Å². The van der Waals surface area contributed by atoms with Crippen molar-refractivity contribution in [3.8, 4) is 5.75 Å². The van der Waals surface area contributed by atoms with Crippen LogP contribution in [0, 0.1) is 23.6 Å². The first-order valence-corrected chi connectivity index (χ1v) is 20.8. The van der Waals surface area contributed by atoms with E-state index >= 15 is 4.39 Å². The molecule has 20 heteroatoms. The van der Waals surface area contributed by atoms with Crippen molar-refractivity contribution in [2.24, 2.45) is 17.8 Å². The van der Waals surface area contributed by atoms with Crippen LogP contribution in [0.3, 0.4) is 0 Å². The molecule has 14 nitrogen and oxygen atoms in total. The minimum absolute atomic E-state index is 0.00485. The first kappa shape index (κ1) is 44.0. The summed E-state index contributed by atoms with van der Waals surface area (Å²) >= 11 is 0. The van der Waals surface area contributed by atoms with E-state index in [9.17, 15) is 50.4 Å². The van der Waals surface area contributed by atoms with E-state index < -0.39 is 98.2 Å². The van der Waals surface area contributed by atoms with Gasteiger partial charge in [-0.2, -0.15) is 18.2 Å². The molecule has 0 spiro atoms. The van der Waals surface area contributed by atoms with E-state index in [1.807, 2.05) is 11.6 Å². The van der Waals surface area contributed by atoms with Gasteiger partial charge in [-0.05, 0) is 94.2 Å². The van der Waals surface area contributed by atoms with Gasteiger partial charge in [0.1, 0.15) is 29.0 Å². The lowest BCUT2D eigenvalue weighted by Crippen LogP contribution is -2.60. The zero-order chi connectivity index (χ0) is 43.5. The number of benzene rings is 1. The van der Waals surface area contributed by atoms with Crippen LogP contribution in [0.2, 0.25) is 0 Å². The number of carbonyl (C=O) groups is 4. The van der Waals surface area contributed by atoms with Crippen LogP contribution < -0.4 is 14.8 Å². The van der Waals surface area contributed by atoms with Crippen LogP contribution >= 0.6 is 0 Å². The number of hydrogen-bond donors (Lipinski definition) is 3. The highest BCUT2D eigenvalue weighted by Gasteiger charge is 2.64. The number of aromatic nitrogens is 1. The maximum atomic E-state index is 15.1. The third kappa shape index (κ3) is 8.30. The normalized spacial score (nSPS) is 29.2. The molecule has 1 aromatic heterocycles. The Hall–Kier alpha value is -4.59. The van der Waals surface area contributed by atoms with E-state index in [1.165, 1.54) is 32.4 Å². The summed E-state index contributed by atoms with van der Waals surface area (Å²) in [5, 5.41) is 14.6. The van der Waals surface area contributed by atoms with Gasteiger partial charge in [-0.25, -0.2) is 22.0 Å². The number of hydroxylamine groups is 2. The first-order valence-electron chi connectivity index (χ1n) is 19.3. The zero-order valence-electron chi connectivity index (χ0n) is 33.1. The number of nitrogens with one attached hydrogen (secondary N) is 2. The number of sulfonamides is 1. The summed E-state index contributed by atoms with van der Waals surface area (Å²) in [6.45, 7) is 2.93. The average molecular weight is 858 g/mol. The molecule has 3 heterocycles. The second-order valence-electron chi connectivity index (χ2n) is 16.9. The fourth-order valence-electron chi connectivity index (χ4n) is 8.14. The lowest BCUT2D eigenvalue weighted by Gasteiger charge is -2.37. The molecule has 3 N–H and O–H groups in total. The molecule has 6 rings (SSSR count). The van der Waals surface area contributed by atoms with Crippen molar-refractivity contribution in [1.29, 1.82) is 0 Å². The molecule has 0 unspecified atom stereocenters. The highest BCUT2D eigenvalue weighted by Crippen LogP contribution is 2.48. The number of pyridine rings is 1. The maximum absolute atomic E-state index is 15.1. The highest BCUT2D eigenvalue weighted by atomic mass is 32.2. The molecule has 2 aliphatic heterocycles. The van der Waals surface area contributed by atoms with Crippen molar-refractivity contribution in [1.82, 2.24) is 25.0 Å². The fourth-order valence-corrected chi connectivity index (χ4v) is 9.57. The maximum Gasteiger partial charge on any atom is 0.435 e. The van der Waals surface area contributed by atoms with Gasteiger partial charge in [0.05, 0.1) is 12.8 Å². The number of allylic oxidation sites excluding steroid dienone is 1. The van der Waals surface area contributed by atoms with Gasteiger partial charge < -0.3 is 19.7 Å². The molecule has 1 saturated heterocycles. The van der Waals surface area contributed by atoms with Crippen molar-refractivity contribution in [2.75, 3.05) is 20.3 Å². The van der Waals surface area contributed by atoms with Gasteiger partial charge in [-0.15, -0.1) is 0 Å². The van der Waals surface area contributed by atoms with Crippen LogP contribution in [0.25, 0.3) is 10.8 Å². The van der Waals surface area contributed by atoms with Crippen LogP contribution in [0.4, 0.5) is 26.7 Å². The van der Waals surface area contributed by atoms with Gasteiger partial charge in [-0.1, -0.05) is 26.0 Å². The van der Waals surface area contributed by atoms with Gasteiger partial charge in [0.25, 0.3) is 5.91 Å². The van der Waals surface area contributed by atoms with Crippen LogP contribution in [0.15, 0.2) is 36.5 Å². The molecule has 4 aliphatic rings. The molecular formula is C39H48F5N5O9S. The SMILES string of the molecule is COc1cc2ccnc([C@@H]3C[C@H]4C(=O)N[C@]5(C(=O)NS(=O)(=O)C6(CF)CC6)C[C@H]5/C=C\CC[C@@H](C)C[C@@H](C)[C@H](N(O)C(=O)OC(C)(C)C(F)(F)F)C(=O)N4C3)c2cc1F. The molecular weight excluding hydrogens is 810 g/mol. The molecule has 7 atom stereocenters. The van der Waals surface area contributed by atoms with Crippen LogP contribution in [-0.2, 0) is 29.1 Å². The predicted octanol–water partition coefficient (Wildman–Crippen LogP) is 5.44. The number of halogens is 5. The largest absolute Gasteiger partial charge is 0.494 e. The summed E-state index contributed by atoms with van der Waals surface area (Å²) in [6.07, 6.45) is -1.28. The van der Waals surface area contributed by atoms with Gasteiger partial charge in [0.2, 0.25) is 27.4 Å². The third-order valence-electron chi connectivity index (χ3n) is 12.2. The second-order valence-corrected chi connectivity index (χ2v) is 18.9. The minimum atomic E-state index is -5.06. The second kappa shape index (κ2) is 15.8. The molecule has 0 bridgehead atoms. The molecule has 2 aliphatic carbocycles. The van der Waals surface area contributed by atoms with Crippen molar-refractivity contribution in [3.63, 3.8) is 0 Å². The number of fused-ring (bicyclic) bond motifs is 3. The molecule has 4 amide bonds. The number of hydrogen-bond acceptors (Lipinski definition) is 10. The number of nitrogens with zero attached hydrogens (tertiary/aromatic N) is 3. The Labute approximate surface area is 337 Å². The van der Waals surface area contributed by atoms with Gasteiger partial charge >= 0.3 is 12.3 Å². The van der Waals surface area contributed by atoms with Crippen molar-refractivity contribution in [2.45, 2.75) is 113 Å². The number of carbonyl (C=O) groups excluding carboxylic acids is 4. The van der Waals surface area contributed by atoms with E-state index in [0.717, 1.165) is 4.90 Å². The Morgan fingerprint density at radius 3 is 2.47 bits per heavy atom. The third-order valence-corrected chi connectivity index (χ3v) is 14.3. The van der Waals surface area contributed by atoms with E-state index in [-0.39, 0.29) is 61.1 Å². The topological polar surface area (TPSA) is 185 Å². The number of ether oxygens (including phenoxy) is 2. The molecule has 3 fully saturated rings. The van der Waals surface area contributed by atoms with Crippen LogP contribution in [0.1, 0.15) is 84.3 Å². The quantitative estimate of drug-likeness (QED) is 0.134. The predicted molar refractivity (Wildman–Crippen MR) is 200 cm³/mol. The number of rotatable bonds is 8. The smallest absolute Gasteiger partial charge is 0.435 e. The average Bonchev–Trinajstić information content (AvgIpc) is 4.06. The molecule has 324 valence electrons. The van der Waals surface area contributed by atoms with E-state index in [4.69, 9.17) is 4.74 Å². The molecule has 2 saturated carbocycles. The summed E-state index contributed by atoms with van der Waals surface area (Å²) in [5.74, 6) is -6.55. The highest BCUT2D eigenvalue weighted by molar-refractivity contribution is 7.91. The van der Waals surface area contributed by atoms with Crippen LogP contribution in [0.5, 0.6) is 5.75 Å². The Balaban J connectivity index is 1.42.